The van der Waals surface area contributed by atoms with E-state index in [0.717, 1.165) is 0 Å². The molecular weight excluding hydrogens is 251 g/mol. The molecule has 0 radical (unpaired) electrons. The van der Waals surface area contributed by atoms with Gasteiger partial charge in [0.2, 0.25) is 0 Å². The first-order valence-electron chi connectivity index (χ1n) is 4.68. The molecule has 0 saturated carbocycles. The minimum Gasteiger partial charge on any atom is -0.487 e. The molecule has 16 heavy (non-hydrogen) atoms. The van der Waals surface area contributed by atoms with Gasteiger partial charge in [-0.3, -0.25) is 0 Å². The van der Waals surface area contributed by atoms with Crippen LogP contribution in [-0.2, 0) is 0 Å². The quantitative estimate of drug-likeness (QED) is 0.857. The monoisotopic (exact) mass is 262 g/mol. The van der Waals surface area contributed by atoms with Gasteiger partial charge in [-0.05, 0) is 12.1 Å². The highest BCUT2D eigenvalue weighted by Crippen LogP contribution is 2.26. The molecule has 0 aliphatic carbocycles. The lowest BCUT2D eigenvalue weighted by molar-refractivity contribution is 0.195. The molecule has 0 saturated heterocycles. The Balaban J connectivity index is 2.63. The smallest absolute Gasteiger partial charge is 0.161 e. The molecule has 0 amide bonds. The first kappa shape index (κ1) is 13.2. The van der Waals surface area contributed by atoms with Crippen LogP contribution in [0.4, 0.5) is 0 Å². The van der Waals surface area contributed by atoms with Crippen LogP contribution >= 0.6 is 23.2 Å². The maximum Gasteiger partial charge on any atom is 0.161 e. The molecule has 0 spiro atoms. The third-order valence-corrected chi connectivity index (χ3v) is 2.28. The van der Waals surface area contributed by atoms with E-state index in [2.05, 4.69) is 0 Å². The Bertz CT molecular complexity index is 353. The van der Waals surface area contributed by atoms with E-state index in [-0.39, 0.29) is 19.8 Å². The molecule has 88 valence electrons. The van der Waals surface area contributed by atoms with Crippen LogP contribution in [0.2, 0.25) is 0 Å². The molecule has 0 fully saturated rings. The number of ether oxygens (including phenoxy) is 2. The Morgan fingerprint density at radius 3 is 2.44 bits per heavy atom. The van der Waals surface area contributed by atoms with Crippen LogP contribution in [0.3, 0.4) is 0 Å². The number of hydrogen-bond donors (Lipinski definition) is 1. The van der Waals surface area contributed by atoms with Crippen LogP contribution < -0.4 is 9.47 Å². The van der Waals surface area contributed by atoms with Crippen LogP contribution in [-0.4, -0.2) is 24.9 Å². The van der Waals surface area contributed by atoms with Crippen molar-refractivity contribution in [2.24, 2.45) is 0 Å². The van der Waals surface area contributed by atoms with Crippen LogP contribution in [0.25, 0.3) is 0 Å². The Morgan fingerprint density at radius 2 is 1.88 bits per heavy atom. The van der Waals surface area contributed by atoms with Gasteiger partial charge in [0.05, 0.1) is 11.6 Å². The minimum atomic E-state index is -0.0450. The van der Waals surface area contributed by atoms with Gasteiger partial charge in [0.1, 0.15) is 13.2 Å². The SMILES string of the molecule is OCCOc1ccccc1OC/C(Cl)=C/Cl. The van der Waals surface area contributed by atoms with Crippen molar-refractivity contribution >= 4 is 23.2 Å². The summed E-state index contributed by atoms with van der Waals surface area (Å²) >= 11 is 11.1. The molecule has 1 rings (SSSR count). The Morgan fingerprint density at radius 1 is 1.25 bits per heavy atom. The molecular formula is C11H12Cl2O3. The second-order valence-electron chi connectivity index (χ2n) is 2.86. The number of benzene rings is 1. The zero-order chi connectivity index (χ0) is 11.8. The highest BCUT2D eigenvalue weighted by Gasteiger charge is 2.04. The Labute approximate surface area is 104 Å². The summed E-state index contributed by atoms with van der Waals surface area (Å²) in [5, 5.41) is 9.06. The number of rotatable bonds is 6. The fourth-order valence-corrected chi connectivity index (χ4v) is 1.14. The molecule has 1 aromatic carbocycles. The maximum absolute atomic E-state index is 8.66. The number of halogens is 2. The van der Waals surface area contributed by atoms with Crippen LogP contribution in [0.1, 0.15) is 0 Å². The summed E-state index contributed by atoms with van der Waals surface area (Å²) in [4.78, 5) is 0. The van der Waals surface area contributed by atoms with Crippen LogP contribution in [0.5, 0.6) is 11.5 Å². The van der Waals surface area contributed by atoms with Crippen molar-refractivity contribution in [1.82, 2.24) is 0 Å². The second kappa shape index (κ2) is 7.39. The van der Waals surface area contributed by atoms with E-state index in [1.54, 1.807) is 12.1 Å². The van der Waals surface area contributed by atoms with Gasteiger partial charge in [-0.2, -0.15) is 0 Å². The lowest BCUT2D eigenvalue weighted by Crippen LogP contribution is -2.04. The van der Waals surface area contributed by atoms with E-state index in [9.17, 15) is 0 Å². The van der Waals surface area contributed by atoms with Crippen molar-refractivity contribution < 1.29 is 14.6 Å². The lowest BCUT2D eigenvalue weighted by atomic mass is 10.3. The molecule has 5 heteroatoms. The fraction of sp³-hybridized carbons (Fsp3) is 0.273. The van der Waals surface area contributed by atoms with Crippen molar-refractivity contribution in [3.63, 3.8) is 0 Å². The fourth-order valence-electron chi connectivity index (χ4n) is 1.02. The number of aliphatic hydroxyl groups excluding tert-OH is 1. The molecule has 0 atom stereocenters. The summed E-state index contributed by atoms with van der Waals surface area (Å²) in [7, 11) is 0. The lowest BCUT2D eigenvalue weighted by Gasteiger charge is -2.11. The third kappa shape index (κ3) is 4.31. The zero-order valence-electron chi connectivity index (χ0n) is 8.53. The van der Waals surface area contributed by atoms with Crippen molar-refractivity contribution in [3.8, 4) is 11.5 Å². The first-order chi connectivity index (χ1) is 7.77. The van der Waals surface area contributed by atoms with Crippen LogP contribution in [0, 0.1) is 0 Å². The summed E-state index contributed by atoms with van der Waals surface area (Å²) in [6.45, 7) is 0.362. The molecule has 3 nitrogen and oxygen atoms in total. The van der Waals surface area contributed by atoms with Gasteiger partial charge in [-0.1, -0.05) is 35.3 Å². The average Bonchev–Trinajstić information content (AvgIpc) is 2.34. The van der Waals surface area contributed by atoms with Gasteiger partial charge in [-0.25, -0.2) is 0 Å². The van der Waals surface area contributed by atoms with Gasteiger partial charge in [0.25, 0.3) is 0 Å². The molecule has 0 aliphatic rings. The largest absolute Gasteiger partial charge is 0.487 e. The van der Waals surface area contributed by atoms with Crippen molar-refractivity contribution in [1.29, 1.82) is 0 Å². The van der Waals surface area contributed by atoms with Gasteiger partial charge in [0.15, 0.2) is 11.5 Å². The highest BCUT2D eigenvalue weighted by atomic mass is 35.5. The van der Waals surface area contributed by atoms with Gasteiger partial charge < -0.3 is 14.6 Å². The van der Waals surface area contributed by atoms with E-state index in [1.807, 2.05) is 12.1 Å². The van der Waals surface area contributed by atoms with E-state index in [1.165, 1.54) is 5.54 Å². The first-order valence-corrected chi connectivity index (χ1v) is 5.49. The standard InChI is InChI=1S/C11H12Cl2O3/c12-7-9(13)8-16-11-4-2-1-3-10(11)15-6-5-14/h1-4,7,14H,5-6,8H2/b9-7-. The molecule has 0 bridgehead atoms. The molecule has 1 aromatic rings. The summed E-state index contributed by atoms with van der Waals surface area (Å²) in [6, 6.07) is 7.15. The van der Waals surface area contributed by atoms with Crippen LogP contribution in [0.15, 0.2) is 34.8 Å². The van der Waals surface area contributed by atoms with Crippen molar-refractivity contribution in [2.45, 2.75) is 0 Å². The summed E-state index contributed by atoms with van der Waals surface area (Å²) in [6.07, 6.45) is 0. The Hall–Kier alpha value is -0.900. The van der Waals surface area contributed by atoms with Gasteiger partial charge in [0, 0.05) is 5.54 Å². The van der Waals surface area contributed by atoms with Gasteiger partial charge >= 0.3 is 0 Å². The van der Waals surface area contributed by atoms with E-state index >= 15 is 0 Å². The highest BCUT2D eigenvalue weighted by molar-refractivity contribution is 6.36. The predicted octanol–water partition coefficient (Wildman–Crippen LogP) is 2.76. The number of hydrogen-bond acceptors (Lipinski definition) is 3. The molecule has 0 heterocycles. The minimum absolute atomic E-state index is 0.0450. The molecule has 0 unspecified atom stereocenters. The molecule has 0 aliphatic heterocycles. The topological polar surface area (TPSA) is 38.7 Å². The van der Waals surface area contributed by atoms with Crippen molar-refractivity contribution in [3.05, 3.63) is 34.8 Å². The number of para-hydroxylation sites is 2. The predicted molar refractivity (Wildman–Crippen MR) is 64.3 cm³/mol. The normalized spacial score (nSPS) is 11.3. The average molecular weight is 263 g/mol. The van der Waals surface area contributed by atoms with E-state index < -0.39 is 0 Å². The van der Waals surface area contributed by atoms with E-state index in [0.29, 0.717) is 16.5 Å². The Kier molecular flexibility index (Phi) is 6.08. The number of aliphatic hydroxyl groups is 1. The molecule has 1 N–H and O–H groups in total. The third-order valence-electron chi connectivity index (χ3n) is 1.68. The summed E-state index contributed by atoms with van der Waals surface area (Å²) in [5.41, 5.74) is 1.25. The molecule has 0 aromatic heterocycles. The van der Waals surface area contributed by atoms with Crippen molar-refractivity contribution in [2.75, 3.05) is 19.8 Å². The summed E-state index contributed by atoms with van der Waals surface area (Å²) < 4.78 is 10.7. The zero-order valence-corrected chi connectivity index (χ0v) is 10.0. The summed E-state index contributed by atoms with van der Waals surface area (Å²) in [5.74, 6) is 1.13. The van der Waals surface area contributed by atoms with Gasteiger partial charge in [-0.15, -0.1) is 0 Å². The van der Waals surface area contributed by atoms with E-state index in [4.69, 9.17) is 37.8 Å². The second-order valence-corrected chi connectivity index (χ2v) is 3.57. The maximum atomic E-state index is 8.66.